The van der Waals surface area contributed by atoms with E-state index in [0.717, 1.165) is 18.2 Å². The largest absolute Gasteiger partial charge is 0.344 e. The number of anilines is 1. The molecule has 1 fully saturated rings. The van der Waals surface area contributed by atoms with Crippen molar-refractivity contribution in [3.05, 3.63) is 10.0 Å². The highest BCUT2D eigenvalue weighted by Crippen LogP contribution is 2.30. The summed E-state index contributed by atoms with van der Waals surface area (Å²) in [6, 6.07) is 2.94. The lowest BCUT2D eigenvalue weighted by Crippen LogP contribution is -2.46. The van der Waals surface area contributed by atoms with Gasteiger partial charge >= 0.3 is 0 Å². The predicted molar refractivity (Wildman–Crippen MR) is 80.0 cm³/mol. The minimum Gasteiger partial charge on any atom is -0.344 e. The van der Waals surface area contributed by atoms with Gasteiger partial charge in [-0.2, -0.15) is 5.26 Å². The second kappa shape index (κ2) is 6.56. The van der Waals surface area contributed by atoms with Crippen LogP contribution < -0.4 is 10.2 Å². The lowest BCUT2D eigenvalue weighted by Gasteiger charge is -2.32. The maximum atomic E-state index is 8.98. The molecule has 19 heavy (non-hydrogen) atoms. The molecule has 1 unspecified atom stereocenters. The number of nitrogens with zero attached hydrogens (tertiary/aromatic N) is 3. The second-order valence-corrected chi connectivity index (χ2v) is 6.46. The standard InChI is InChI=1S/C13H19ClN4S/c1-9(2)18(8-10-5-3-4-6-16-10)13-17-12(14)11(7-15)19-13/h9-10,16H,3-6,8H2,1-2H3. The normalized spacial score (nSPS) is 19.4. The molecule has 104 valence electrons. The fourth-order valence-corrected chi connectivity index (χ4v) is 3.50. The number of nitrogens with one attached hydrogen (secondary N) is 1. The van der Waals surface area contributed by atoms with E-state index in [-0.39, 0.29) is 0 Å². The summed E-state index contributed by atoms with van der Waals surface area (Å²) in [7, 11) is 0. The molecular weight excluding hydrogens is 280 g/mol. The van der Waals surface area contributed by atoms with Crippen LogP contribution in [-0.4, -0.2) is 30.2 Å². The number of piperidine rings is 1. The Bertz CT molecular complexity index is 460. The number of hydrogen-bond acceptors (Lipinski definition) is 5. The van der Waals surface area contributed by atoms with E-state index in [1.807, 2.05) is 0 Å². The molecule has 0 bridgehead atoms. The molecule has 1 aromatic rings. The molecule has 0 spiro atoms. The Labute approximate surface area is 123 Å². The van der Waals surface area contributed by atoms with Crippen LogP contribution in [0.15, 0.2) is 0 Å². The minimum atomic E-state index is 0.324. The molecule has 2 heterocycles. The number of aromatic nitrogens is 1. The Hall–Kier alpha value is -0.830. The Balaban J connectivity index is 2.12. The summed E-state index contributed by atoms with van der Waals surface area (Å²) in [5, 5.41) is 13.7. The highest BCUT2D eigenvalue weighted by Gasteiger charge is 2.22. The summed E-state index contributed by atoms with van der Waals surface area (Å²) in [6.45, 7) is 6.30. The molecule has 0 aromatic carbocycles. The molecule has 0 saturated carbocycles. The fraction of sp³-hybridized carbons (Fsp3) is 0.692. The Morgan fingerprint density at radius 1 is 1.58 bits per heavy atom. The molecular formula is C13H19ClN4S. The van der Waals surface area contributed by atoms with Gasteiger partial charge < -0.3 is 10.2 Å². The second-order valence-electron chi connectivity index (χ2n) is 5.12. The van der Waals surface area contributed by atoms with E-state index in [2.05, 4.69) is 35.1 Å². The summed E-state index contributed by atoms with van der Waals surface area (Å²) < 4.78 is 0. The van der Waals surface area contributed by atoms with Crippen molar-refractivity contribution in [2.24, 2.45) is 0 Å². The number of thiazole rings is 1. The van der Waals surface area contributed by atoms with Gasteiger partial charge in [-0.25, -0.2) is 4.98 Å². The smallest absolute Gasteiger partial charge is 0.188 e. The summed E-state index contributed by atoms with van der Waals surface area (Å²) in [5.74, 6) is 0. The van der Waals surface area contributed by atoms with Gasteiger partial charge in [-0.05, 0) is 33.2 Å². The van der Waals surface area contributed by atoms with Crippen molar-refractivity contribution in [2.45, 2.75) is 45.2 Å². The fourth-order valence-electron chi connectivity index (χ4n) is 2.31. The van der Waals surface area contributed by atoms with Crippen molar-refractivity contribution >= 4 is 28.1 Å². The third-order valence-electron chi connectivity index (χ3n) is 3.37. The molecule has 1 saturated heterocycles. The van der Waals surface area contributed by atoms with Crippen LogP contribution in [0.1, 0.15) is 38.0 Å². The zero-order valence-electron chi connectivity index (χ0n) is 11.3. The first-order chi connectivity index (χ1) is 9.11. The quantitative estimate of drug-likeness (QED) is 0.928. The first-order valence-corrected chi connectivity index (χ1v) is 7.87. The molecule has 4 nitrogen and oxygen atoms in total. The maximum Gasteiger partial charge on any atom is 0.188 e. The number of rotatable bonds is 4. The predicted octanol–water partition coefficient (Wildman–Crippen LogP) is 3.03. The van der Waals surface area contributed by atoms with Gasteiger partial charge in [0.05, 0.1) is 0 Å². The van der Waals surface area contributed by atoms with E-state index < -0.39 is 0 Å². The molecule has 1 aliphatic rings. The van der Waals surface area contributed by atoms with E-state index in [9.17, 15) is 0 Å². The summed E-state index contributed by atoms with van der Waals surface area (Å²) in [4.78, 5) is 7.06. The monoisotopic (exact) mass is 298 g/mol. The van der Waals surface area contributed by atoms with E-state index in [1.165, 1.54) is 30.6 Å². The van der Waals surface area contributed by atoms with E-state index in [1.54, 1.807) is 0 Å². The maximum absolute atomic E-state index is 8.98. The van der Waals surface area contributed by atoms with Crippen LogP contribution in [0.2, 0.25) is 5.15 Å². The first-order valence-electron chi connectivity index (χ1n) is 6.68. The van der Waals surface area contributed by atoms with Crippen LogP contribution in [0.5, 0.6) is 0 Å². The molecule has 0 radical (unpaired) electrons. The molecule has 1 N–H and O–H groups in total. The minimum absolute atomic E-state index is 0.324. The van der Waals surface area contributed by atoms with Crippen molar-refractivity contribution in [1.82, 2.24) is 10.3 Å². The molecule has 6 heteroatoms. The SMILES string of the molecule is CC(C)N(CC1CCCCN1)c1nc(Cl)c(C#N)s1. The van der Waals surface area contributed by atoms with E-state index >= 15 is 0 Å². The Morgan fingerprint density at radius 2 is 2.37 bits per heavy atom. The molecule has 0 amide bonds. The van der Waals surface area contributed by atoms with Crippen molar-refractivity contribution < 1.29 is 0 Å². The summed E-state index contributed by atoms with van der Waals surface area (Å²) in [6.07, 6.45) is 3.75. The van der Waals surface area contributed by atoms with Crippen molar-refractivity contribution in [1.29, 1.82) is 5.26 Å². The van der Waals surface area contributed by atoms with Gasteiger partial charge in [0.15, 0.2) is 10.3 Å². The highest BCUT2D eigenvalue weighted by molar-refractivity contribution is 7.16. The van der Waals surface area contributed by atoms with E-state index in [4.69, 9.17) is 16.9 Å². The number of halogens is 1. The van der Waals surface area contributed by atoms with Crippen LogP contribution in [-0.2, 0) is 0 Å². The summed E-state index contributed by atoms with van der Waals surface area (Å²) in [5.41, 5.74) is 0. The third-order valence-corrected chi connectivity index (χ3v) is 4.76. The zero-order valence-corrected chi connectivity index (χ0v) is 12.9. The van der Waals surface area contributed by atoms with Gasteiger partial charge in [0.25, 0.3) is 0 Å². The Morgan fingerprint density at radius 3 is 2.89 bits per heavy atom. The molecule has 1 aromatic heterocycles. The van der Waals surface area contributed by atoms with Crippen molar-refractivity contribution in [3.8, 4) is 6.07 Å². The van der Waals surface area contributed by atoms with Gasteiger partial charge in [-0.15, -0.1) is 0 Å². The van der Waals surface area contributed by atoms with Gasteiger partial charge in [0.1, 0.15) is 10.9 Å². The molecule has 0 aliphatic carbocycles. The van der Waals surface area contributed by atoms with Gasteiger partial charge in [-0.3, -0.25) is 0 Å². The average molecular weight is 299 g/mol. The third kappa shape index (κ3) is 3.59. The molecule has 1 aliphatic heterocycles. The zero-order chi connectivity index (χ0) is 13.8. The lowest BCUT2D eigenvalue weighted by molar-refractivity contribution is 0.393. The number of hydrogen-bond donors (Lipinski definition) is 1. The summed E-state index contributed by atoms with van der Waals surface area (Å²) >= 11 is 7.35. The van der Waals surface area contributed by atoms with Crippen LogP contribution in [0.25, 0.3) is 0 Å². The highest BCUT2D eigenvalue weighted by atomic mass is 35.5. The topological polar surface area (TPSA) is 52.0 Å². The average Bonchev–Trinajstić information content (AvgIpc) is 2.77. The number of nitriles is 1. The van der Waals surface area contributed by atoms with Crippen LogP contribution in [0, 0.1) is 11.3 Å². The van der Waals surface area contributed by atoms with Crippen LogP contribution >= 0.6 is 22.9 Å². The first kappa shape index (κ1) is 14.6. The Kier molecular flexibility index (Phi) is 5.03. The lowest BCUT2D eigenvalue weighted by atomic mass is 10.0. The van der Waals surface area contributed by atoms with Gasteiger partial charge in [0, 0.05) is 18.6 Å². The van der Waals surface area contributed by atoms with E-state index in [0.29, 0.717) is 22.1 Å². The molecule has 1 atom stereocenters. The van der Waals surface area contributed by atoms with Crippen LogP contribution in [0.3, 0.4) is 0 Å². The van der Waals surface area contributed by atoms with Crippen LogP contribution in [0.4, 0.5) is 5.13 Å². The van der Waals surface area contributed by atoms with Crippen molar-refractivity contribution in [2.75, 3.05) is 18.0 Å². The molecule has 2 rings (SSSR count). The van der Waals surface area contributed by atoms with Gasteiger partial charge in [-0.1, -0.05) is 29.4 Å². The van der Waals surface area contributed by atoms with Gasteiger partial charge in [0.2, 0.25) is 0 Å². The van der Waals surface area contributed by atoms with Crippen molar-refractivity contribution in [3.63, 3.8) is 0 Å².